The van der Waals surface area contributed by atoms with Crippen LogP contribution in [0.15, 0.2) is 48.0 Å². The van der Waals surface area contributed by atoms with E-state index in [9.17, 15) is 19.5 Å². The Labute approximate surface area is 255 Å². The Morgan fingerprint density at radius 3 is 2.65 bits per heavy atom. The molecule has 0 spiro atoms. The van der Waals surface area contributed by atoms with E-state index in [-0.39, 0.29) is 43.1 Å². The summed E-state index contributed by atoms with van der Waals surface area (Å²) in [6.07, 6.45) is -0.682. The van der Waals surface area contributed by atoms with Gasteiger partial charge in [-0.3, -0.25) is 14.4 Å². The van der Waals surface area contributed by atoms with Crippen LogP contribution in [-0.4, -0.2) is 76.1 Å². The molecular weight excluding hydrogens is 564 g/mol. The van der Waals surface area contributed by atoms with Crippen LogP contribution in [0.4, 0.5) is 0 Å². The van der Waals surface area contributed by atoms with Gasteiger partial charge in [0.2, 0.25) is 11.8 Å². The summed E-state index contributed by atoms with van der Waals surface area (Å²) in [5, 5.41) is 13.5. The van der Waals surface area contributed by atoms with Crippen molar-refractivity contribution in [1.29, 1.82) is 0 Å². The standard InChI is InChI=1S/C33H36N4O5S/c1-20(2)29(37-17-25-14-22(6-5-13-42-4)9-12-27(25)32(37)40)33(41)36-18-26(38)15-28(36)31(39)34-16-23-7-10-24(11-8-23)30-21(3)35-19-43-30/h7-12,14,19-20,26,28-29,38H,13,15-18H2,1-4H3,(H,34,39)/t26-,28+,29+/m1/s1. The summed E-state index contributed by atoms with van der Waals surface area (Å²) >= 11 is 1.58. The summed E-state index contributed by atoms with van der Waals surface area (Å²) in [5.41, 5.74) is 6.91. The summed E-state index contributed by atoms with van der Waals surface area (Å²) in [7, 11) is 1.58. The van der Waals surface area contributed by atoms with Crippen LogP contribution < -0.4 is 5.32 Å². The van der Waals surface area contributed by atoms with Crippen molar-refractivity contribution in [2.45, 2.75) is 58.5 Å². The number of aliphatic hydroxyl groups is 1. The minimum Gasteiger partial charge on any atom is -0.391 e. The Bertz CT molecular complexity index is 1570. The zero-order chi connectivity index (χ0) is 30.7. The van der Waals surface area contributed by atoms with E-state index in [0.29, 0.717) is 18.7 Å². The Hall–Kier alpha value is -4.04. The number of hydrogen-bond donors (Lipinski definition) is 2. The zero-order valence-corrected chi connectivity index (χ0v) is 25.6. The predicted molar refractivity (Wildman–Crippen MR) is 164 cm³/mol. The molecular formula is C33H36N4O5S. The molecule has 1 fully saturated rings. The van der Waals surface area contributed by atoms with Crippen LogP contribution in [0.25, 0.3) is 10.4 Å². The second-order valence-electron chi connectivity index (χ2n) is 11.3. The monoisotopic (exact) mass is 600 g/mol. The average molecular weight is 601 g/mol. The molecule has 2 N–H and O–H groups in total. The normalized spacial score (nSPS) is 18.4. The first-order valence-electron chi connectivity index (χ1n) is 14.3. The summed E-state index contributed by atoms with van der Waals surface area (Å²) in [4.78, 5) is 49.3. The van der Waals surface area contributed by atoms with Gasteiger partial charge in [0.25, 0.3) is 5.91 Å². The lowest BCUT2D eigenvalue weighted by Crippen LogP contribution is -2.55. The fourth-order valence-electron chi connectivity index (χ4n) is 5.77. The van der Waals surface area contributed by atoms with Gasteiger partial charge in [-0.25, -0.2) is 4.98 Å². The maximum atomic E-state index is 14.0. The third-order valence-corrected chi connectivity index (χ3v) is 8.88. The third kappa shape index (κ3) is 6.49. The highest BCUT2D eigenvalue weighted by Gasteiger charge is 2.45. The largest absolute Gasteiger partial charge is 0.391 e. The van der Waals surface area contributed by atoms with Gasteiger partial charge in [-0.15, -0.1) is 11.3 Å². The number of β-amino-alcohol motifs (C(OH)–C–C–N with tert-alkyl or cyclic N) is 1. The number of fused-ring (bicyclic) bond motifs is 1. The van der Waals surface area contributed by atoms with Gasteiger partial charge in [-0.1, -0.05) is 50.0 Å². The number of aryl methyl sites for hydroxylation is 1. The number of hydrogen-bond acceptors (Lipinski definition) is 7. The molecule has 3 atom stereocenters. The highest BCUT2D eigenvalue weighted by atomic mass is 32.1. The molecule has 1 aromatic heterocycles. The molecule has 0 radical (unpaired) electrons. The van der Waals surface area contributed by atoms with Gasteiger partial charge in [0.15, 0.2) is 0 Å². The van der Waals surface area contributed by atoms with E-state index in [1.807, 2.05) is 56.6 Å². The number of methoxy groups -OCH3 is 1. The molecule has 0 saturated carbocycles. The van der Waals surface area contributed by atoms with Crippen molar-refractivity contribution in [2.75, 3.05) is 20.3 Å². The number of rotatable bonds is 8. The van der Waals surface area contributed by atoms with Gasteiger partial charge in [-0.05, 0) is 47.7 Å². The molecule has 0 bridgehead atoms. The molecule has 3 heterocycles. The van der Waals surface area contributed by atoms with Crippen molar-refractivity contribution < 1.29 is 24.2 Å². The Balaban J connectivity index is 1.27. The zero-order valence-electron chi connectivity index (χ0n) is 24.8. The molecule has 224 valence electrons. The number of likely N-dealkylation sites (tertiary alicyclic amines) is 1. The van der Waals surface area contributed by atoms with Crippen LogP contribution in [-0.2, 0) is 27.4 Å². The Kier molecular flexibility index (Phi) is 9.25. The average Bonchev–Trinajstić information content (AvgIpc) is 3.69. The number of thiazole rings is 1. The summed E-state index contributed by atoms with van der Waals surface area (Å²) in [6.45, 7) is 6.66. The van der Waals surface area contributed by atoms with E-state index in [0.717, 1.165) is 32.8 Å². The number of amides is 3. The second-order valence-corrected chi connectivity index (χ2v) is 12.2. The number of aromatic nitrogens is 1. The molecule has 5 rings (SSSR count). The van der Waals surface area contributed by atoms with Crippen molar-refractivity contribution in [3.8, 4) is 22.3 Å². The summed E-state index contributed by atoms with van der Waals surface area (Å²) in [6, 6.07) is 11.7. The minimum atomic E-state index is -0.828. The van der Waals surface area contributed by atoms with Crippen LogP contribution >= 0.6 is 11.3 Å². The molecule has 3 amide bonds. The molecule has 9 nitrogen and oxygen atoms in total. The van der Waals surface area contributed by atoms with E-state index < -0.39 is 18.2 Å². The maximum Gasteiger partial charge on any atom is 0.255 e. The number of aliphatic hydroxyl groups excluding tert-OH is 1. The van der Waals surface area contributed by atoms with Crippen LogP contribution in [0.1, 0.15) is 53.0 Å². The lowest BCUT2D eigenvalue weighted by molar-refractivity contribution is -0.143. The highest BCUT2D eigenvalue weighted by molar-refractivity contribution is 7.13. The van der Waals surface area contributed by atoms with E-state index >= 15 is 0 Å². The van der Waals surface area contributed by atoms with Crippen LogP contribution in [0.5, 0.6) is 0 Å². The van der Waals surface area contributed by atoms with Gasteiger partial charge in [-0.2, -0.15) is 0 Å². The van der Waals surface area contributed by atoms with Crippen LogP contribution in [0.3, 0.4) is 0 Å². The first-order valence-corrected chi connectivity index (χ1v) is 15.2. The second kappa shape index (κ2) is 13.1. The molecule has 0 aliphatic carbocycles. The SMILES string of the molecule is COCC#Cc1ccc2c(c1)CN([C@H](C(=O)N1C[C@H](O)C[C@H]1C(=O)NCc1ccc(-c3scnc3C)cc1)C(C)C)C2=O. The van der Waals surface area contributed by atoms with E-state index in [1.54, 1.807) is 35.5 Å². The van der Waals surface area contributed by atoms with Crippen LogP contribution in [0, 0.1) is 24.7 Å². The molecule has 43 heavy (non-hydrogen) atoms. The van der Waals surface area contributed by atoms with Crippen molar-refractivity contribution >= 4 is 29.1 Å². The summed E-state index contributed by atoms with van der Waals surface area (Å²) < 4.78 is 4.99. The Morgan fingerprint density at radius 1 is 1.21 bits per heavy atom. The molecule has 10 heteroatoms. The van der Waals surface area contributed by atoms with Gasteiger partial charge in [0.05, 0.1) is 22.2 Å². The maximum absolute atomic E-state index is 14.0. The van der Waals surface area contributed by atoms with E-state index in [2.05, 4.69) is 22.1 Å². The molecule has 2 aliphatic heterocycles. The van der Waals surface area contributed by atoms with Gasteiger partial charge < -0.3 is 25.0 Å². The quantitative estimate of drug-likeness (QED) is 0.384. The van der Waals surface area contributed by atoms with Gasteiger partial charge >= 0.3 is 0 Å². The van der Waals surface area contributed by atoms with E-state index in [1.165, 1.54) is 4.90 Å². The van der Waals surface area contributed by atoms with E-state index in [4.69, 9.17) is 4.74 Å². The number of nitrogens with one attached hydrogen (secondary N) is 1. The first-order chi connectivity index (χ1) is 20.7. The predicted octanol–water partition coefficient (Wildman–Crippen LogP) is 3.38. The number of ether oxygens (including phenoxy) is 1. The number of nitrogens with zero attached hydrogens (tertiary/aromatic N) is 3. The molecule has 3 aromatic rings. The number of carbonyl (C=O) groups is 3. The minimum absolute atomic E-state index is 0.0389. The molecule has 1 saturated heterocycles. The van der Waals surface area contributed by atoms with Crippen molar-refractivity contribution in [3.05, 3.63) is 75.9 Å². The first kappa shape index (κ1) is 30.4. The van der Waals surface area contributed by atoms with Gasteiger partial charge in [0, 0.05) is 44.3 Å². The number of carbonyl (C=O) groups excluding carboxylic acids is 3. The molecule has 0 unspecified atom stereocenters. The molecule has 2 aromatic carbocycles. The number of benzene rings is 2. The van der Waals surface area contributed by atoms with Crippen molar-refractivity contribution in [1.82, 2.24) is 20.1 Å². The third-order valence-electron chi connectivity index (χ3n) is 7.90. The summed E-state index contributed by atoms with van der Waals surface area (Å²) in [5.74, 6) is 4.84. The lowest BCUT2D eigenvalue weighted by Gasteiger charge is -2.35. The van der Waals surface area contributed by atoms with Crippen LogP contribution in [0.2, 0.25) is 0 Å². The Morgan fingerprint density at radius 2 is 1.98 bits per heavy atom. The fourth-order valence-corrected chi connectivity index (χ4v) is 6.58. The smallest absolute Gasteiger partial charge is 0.255 e. The highest BCUT2D eigenvalue weighted by Crippen LogP contribution is 2.31. The lowest BCUT2D eigenvalue weighted by atomic mass is 10.0. The van der Waals surface area contributed by atoms with Gasteiger partial charge in [0.1, 0.15) is 18.7 Å². The van der Waals surface area contributed by atoms with Crippen molar-refractivity contribution in [3.63, 3.8) is 0 Å². The fraction of sp³-hybridized carbons (Fsp3) is 0.394. The topological polar surface area (TPSA) is 112 Å². The molecule has 2 aliphatic rings. The van der Waals surface area contributed by atoms with Crippen molar-refractivity contribution in [2.24, 2.45) is 5.92 Å².